The Kier molecular flexibility index (Phi) is 5.57. The molecule has 0 aliphatic rings. The van der Waals surface area contributed by atoms with Gasteiger partial charge in [0.25, 0.3) is 0 Å². The zero-order valence-electron chi connectivity index (χ0n) is 16.9. The highest BCUT2D eigenvalue weighted by Crippen LogP contribution is 2.30. The fourth-order valence-corrected chi connectivity index (χ4v) is 3.22. The molecule has 30 heavy (non-hydrogen) atoms. The Labute approximate surface area is 173 Å². The quantitative estimate of drug-likeness (QED) is 0.257. The van der Waals surface area contributed by atoms with Crippen molar-refractivity contribution in [2.24, 2.45) is 0 Å². The Morgan fingerprint density at radius 1 is 0.733 bits per heavy atom. The summed E-state index contributed by atoms with van der Waals surface area (Å²) < 4.78 is 22.9. The minimum absolute atomic E-state index is 0.115. The molecule has 0 N–H and O–H groups in total. The molecule has 6 heteroatoms. The van der Waals surface area contributed by atoms with Gasteiger partial charge in [0.2, 0.25) is 0 Å². The molecule has 0 saturated heterocycles. The molecule has 0 bridgehead atoms. The van der Waals surface area contributed by atoms with Crippen molar-refractivity contribution >= 4 is 33.5 Å². The van der Waals surface area contributed by atoms with E-state index in [0.29, 0.717) is 47.4 Å². The number of hydrogen-bond acceptors (Lipinski definition) is 6. The highest BCUT2D eigenvalue weighted by Gasteiger charge is 2.13. The maximum atomic E-state index is 11.5. The molecule has 154 valence electrons. The van der Waals surface area contributed by atoms with Gasteiger partial charge in [-0.25, -0.2) is 0 Å². The van der Waals surface area contributed by atoms with Gasteiger partial charge in [0.1, 0.15) is 0 Å². The Balaban J connectivity index is 1.30. The van der Waals surface area contributed by atoms with Gasteiger partial charge in [0.05, 0.1) is 13.2 Å². The normalized spacial score (nSPS) is 11.1. The standard InChI is InChI=1S/C24H22O6/c1-15(25)21-13-17-7-5-9-19(23(17)29-21)27-11-3-4-12-28-20-10-6-8-18-14-22(16(2)26)30-24(18)20/h5-10,13-14H,3-4,11-12H2,1-2H3. The minimum Gasteiger partial charge on any atom is -0.490 e. The zero-order valence-corrected chi connectivity index (χ0v) is 16.9. The topological polar surface area (TPSA) is 78.9 Å². The number of furan rings is 2. The van der Waals surface area contributed by atoms with Crippen LogP contribution in [0.15, 0.2) is 57.4 Å². The Hall–Kier alpha value is -3.54. The smallest absolute Gasteiger partial charge is 0.194 e. The number of Topliss-reactive ketones (excluding diaryl/α,β-unsaturated/α-hetero) is 2. The summed E-state index contributed by atoms with van der Waals surface area (Å²) in [4.78, 5) is 23.0. The second-order valence-electron chi connectivity index (χ2n) is 7.09. The maximum Gasteiger partial charge on any atom is 0.194 e. The molecule has 2 aromatic heterocycles. The molecule has 4 rings (SSSR count). The first-order valence-corrected chi connectivity index (χ1v) is 9.85. The van der Waals surface area contributed by atoms with Crippen molar-refractivity contribution in [1.29, 1.82) is 0 Å². The van der Waals surface area contributed by atoms with Crippen LogP contribution in [0, 0.1) is 0 Å². The first kappa shape index (κ1) is 19.8. The lowest BCUT2D eigenvalue weighted by molar-refractivity contribution is 0.0981. The molecule has 0 fully saturated rings. The van der Waals surface area contributed by atoms with Crippen molar-refractivity contribution in [2.45, 2.75) is 26.7 Å². The van der Waals surface area contributed by atoms with Crippen LogP contribution in [0.25, 0.3) is 21.9 Å². The van der Waals surface area contributed by atoms with E-state index >= 15 is 0 Å². The number of carbonyl (C=O) groups excluding carboxylic acids is 2. The van der Waals surface area contributed by atoms with E-state index in [9.17, 15) is 9.59 Å². The van der Waals surface area contributed by atoms with Crippen molar-refractivity contribution in [3.05, 3.63) is 60.1 Å². The molecular weight excluding hydrogens is 384 g/mol. The number of hydrogen-bond donors (Lipinski definition) is 0. The predicted molar refractivity (Wildman–Crippen MR) is 113 cm³/mol. The molecule has 2 heterocycles. The lowest BCUT2D eigenvalue weighted by atomic mass is 10.2. The number of fused-ring (bicyclic) bond motifs is 2. The van der Waals surface area contributed by atoms with Crippen LogP contribution in [0.5, 0.6) is 11.5 Å². The minimum atomic E-state index is -0.115. The number of ether oxygens (including phenoxy) is 2. The summed E-state index contributed by atoms with van der Waals surface area (Å²) in [6.07, 6.45) is 1.56. The van der Waals surface area contributed by atoms with Crippen LogP contribution in [-0.2, 0) is 0 Å². The van der Waals surface area contributed by atoms with E-state index in [-0.39, 0.29) is 11.6 Å². The summed E-state index contributed by atoms with van der Waals surface area (Å²) in [5.41, 5.74) is 1.18. The van der Waals surface area contributed by atoms with Gasteiger partial charge in [0.15, 0.2) is 45.8 Å². The average Bonchev–Trinajstić information content (AvgIpc) is 3.35. The Morgan fingerprint density at radius 2 is 1.17 bits per heavy atom. The van der Waals surface area contributed by atoms with Crippen molar-refractivity contribution in [1.82, 2.24) is 0 Å². The van der Waals surface area contributed by atoms with Crippen molar-refractivity contribution in [2.75, 3.05) is 13.2 Å². The maximum absolute atomic E-state index is 11.5. The molecule has 2 aromatic carbocycles. The summed E-state index contributed by atoms with van der Waals surface area (Å²) in [6, 6.07) is 14.6. The molecule has 6 nitrogen and oxygen atoms in total. The molecule has 0 aliphatic carbocycles. The van der Waals surface area contributed by atoms with E-state index in [1.54, 1.807) is 12.1 Å². The average molecular weight is 406 g/mol. The van der Waals surface area contributed by atoms with Gasteiger partial charge in [-0.15, -0.1) is 0 Å². The molecule has 0 atom stereocenters. The molecule has 0 radical (unpaired) electrons. The lowest BCUT2D eigenvalue weighted by Gasteiger charge is -2.08. The lowest BCUT2D eigenvalue weighted by Crippen LogP contribution is -2.02. The molecule has 4 aromatic rings. The van der Waals surface area contributed by atoms with Crippen molar-refractivity contribution in [3.63, 3.8) is 0 Å². The zero-order chi connectivity index (χ0) is 21.1. The SMILES string of the molecule is CC(=O)c1cc2cccc(OCCCCOc3cccc4cc(C(C)=O)oc34)c2o1. The fraction of sp³-hybridized carbons (Fsp3) is 0.250. The van der Waals surface area contributed by atoms with Crippen LogP contribution in [0.4, 0.5) is 0 Å². The van der Waals surface area contributed by atoms with Crippen LogP contribution < -0.4 is 9.47 Å². The highest BCUT2D eigenvalue weighted by atomic mass is 16.5. The fourth-order valence-electron chi connectivity index (χ4n) is 3.22. The van der Waals surface area contributed by atoms with E-state index < -0.39 is 0 Å². The van der Waals surface area contributed by atoms with Gasteiger partial charge in [-0.05, 0) is 37.1 Å². The van der Waals surface area contributed by atoms with Gasteiger partial charge in [0, 0.05) is 24.6 Å². The van der Waals surface area contributed by atoms with E-state index in [0.717, 1.165) is 23.6 Å². The molecule has 0 amide bonds. The third-order valence-electron chi connectivity index (χ3n) is 4.76. The third-order valence-corrected chi connectivity index (χ3v) is 4.76. The highest BCUT2D eigenvalue weighted by molar-refractivity contribution is 5.97. The molecule has 0 spiro atoms. The van der Waals surface area contributed by atoms with Crippen LogP contribution >= 0.6 is 0 Å². The van der Waals surface area contributed by atoms with E-state index in [2.05, 4.69) is 0 Å². The second kappa shape index (κ2) is 8.45. The number of carbonyl (C=O) groups is 2. The van der Waals surface area contributed by atoms with Crippen LogP contribution in [0.1, 0.15) is 47.8 Å². The first-order chi connectivity index (χ1) is 14.5. The summed E-state index contributed by atoms with van der Waals surface area (Å²) in [5, 5.41) is 1.69. The van der Waals surface area contributed by atoms with Crippen LogP contribution in [0.3, 0.4) is 0 Å². The molecular formula is C24H22O6. The number of rotatable bonds is 9. The molecule has 0 unspecified atom stereocenters. The number of unbranched alkanes of at least 4 members (excludes halogenated alkanes) is 1. The van der Waals surface area contributed by atoms with Crippen molar-refractivity contribution in [3.8, 4) is 11.5 Å². The van der Waals surface area contributed by atoms with E-state index in [4.69, 9.17) is 18.3 Å². The van der Waals surface area contributed by atoms with Gasteiger partial charge in [-0.2, -0.15) is 0 Å². The Morgan fingerprint density at radius 3 is 1.57 bits per heavy atom. The summed E-state index contributed by atoms with van der Waals surface area (Å²) in [6.45, 7) is 3.95. The number of ketones is 2. The summed E-state index contributed by atoms with van der Waals surface area (Å²) >= 11 is 0. The first-order valence-electron chi connectivity index (χ1n) is 9.85. The van der Waals surface area contributed by atoms with Gasteiger partial charge in [-0.1, -0.05) is 24.3 Å². The molecule has 0 aliphatic heterocycles. The van der Waals surface area contributed by atoms with Crippen molar-refractivity contribution < 1.29 is 27.9 Å². The van der Waals surface area contributed by atoms with E-state index in [1.807, 2.05) is 36.4 Å². The third kappa shape index (κ3) is 4.08. The van der Waals surface area contributed by atoms with Crippen LogP contribution in [0.2, 0.25) is 0 Å². The number of para-hydroxylation sites is 2. The van der Waals surface area contributed by atoms with Gasteiger partial charge < -0.3 is 18.3 Å². The second-order valence-corrected chi connectivity index (χ2v) is 7.09. The summed E-state index contributed by atoms with van der Waals surface area (Å²) in [7, 11) is 0. The van der Waals surface area contributed by atoms with Gasteiger partial charge in [-0.3, -0.25) is 9.59 Å². The Bertz CT molecular complexity index is 1120. The monoisotopic (exact) mass is 406 g/mol. The van der Waals surface area contributed by atoms with Crippen LogP contribution in [-0.4, -0.2) is 24.8 Å². The number of benzene rings is 2. The van der Waals surface area contributed by atoms with E-state index in [1.165, 1.54) is 13.8 Å². The largest absolute Gasteiger partial charge is 0.490 e. The molecule has 0 saturated carbocycles. The predicted octanol–water partition coefficient (Wildman–Crippen LogP) is 5.82. The van der Waals surface area contributed by atoms with Gasteiger partial charge >= 0.3 is 0 Å². The summed E-state index contributed by atoms with van der Waals surface area (Å²) in [5.74, 6) is 1.67.